The van der Waals surface area contributed by atoms with Gasteiger partial charge >= 0.3 is 6.18 Å². The van der Waals surface area contributed by atoms with E-state index < -0.39 is 18.2 Å². The SMILES string of the molecule is CO.O=Cc1ccc(-n2ccc(OCC3(C(F)(F)F)CC3)n2)nc1Cl. The highest BCUT2D eigenvalue weighted by Gasteiger charge is 2.63. The number of hydrogen-bond donors (Lipinski definition) is 1. The molecule has 1 aliphatic carbocycles. The monoisotopic (exact) mass is 377 g/mol. The first-order valence-electron chi connectivity index (χ1n) is 7.17. The fourth-order valence-corrected chi connectivity index (χ4v) is 2.23. The highest BCUT2D eigenvalue weighted by molar-refractivity contribution is 6.31. The van der Waals surface area contributed by atoms with E-state index in [1.807, 2.05) is 0 Å². The minimum Gasteiger partial charge on any atom is -0.476 e. The molecular weight excluding hydrogens is 363 g/mol. The van der Waals surface area contributed by atoms with E-state index in [0.29, 0.717) is 12.1 Å². The van der Waals surface area contributed by atoms with Crippen molar-refractivity contribution in [2.75, 3.05) is 13.7 Å². The molecule has 0 amide bonds. The van der Waals surface area contributed by atoms with Gasteiger partial charge in [-0.3, -0.25) is 4.79 Å². The third-order valence-corrected chi connectivity index (χ3v) is 4.04. The molecule has 25 heavy (non-hydrogen) atoms. The van der Waals surface area contributed by atoms with Crippen LogP contribution < -0.4 is 4.74 Å². The fourth-order valence-electron chi connectivity index (χ4n) is 2.04. The van der Waals surface area contributed by atoms with Crippen molar-refractivity contribution in [2.24, 2.45) is 5.41 Å². The zero-order valence-corrected chi connectivity index (χ0v) is 13.9. The number of alkyl halides is 3. The Balaban J connectivity index is 0.00000109. The second kappa shape index (κ2) is 7.40. The van der Waals surface area contributed by atoms with E-state index in [-0.39, 0.29) is 29.4 Å². The van der Waals surface area contributed by atoms with Crippen LogP contribution in [0, 0.1) is 5.41 Å². The van der Waals surface area contributed by atoms with Crippen LogP contribution in [0.5, 0.6) is 5.88 Å². The Morgan fingerprint density at radius 1 is 1.36 bits per heavy atom. The second-order valence-corrected chi connectivity index (χ2v) is 5.69. The predicted octanol–water partition coefficient (Wildman–Crippen LogP) is 3.06. The number of aliphatic hydroxyl groups excluding tert-OH is 1. The molecule has 10 heteroatoms. The van der Waals surface area contributed by atoms with Crippen molar-refractivity contribution >= 4 is 17.9 Å². The number of carbonyl (C=O) groups is 1. The molecule has 0 unspecified atom stereocenters. The summed E-state index contributed by atoms with van der Waals surface area (Å²) in [6.45, 7) is -0.453. The maximum absolute atomic E-state index is 12.8. The molecule has 0 spiro atoms. The summed E-state index contributed by atoms with van der Waals surface area (Å²) in [7, 11) is 1.00. The van der Waals surface area contributed by atoms with Gasteiger partial charge in [0.2, 0.25) is 5.88 Å². The predicted molar refractivity (Wildman–Crippen MR) is 83.1 cm³/mol. The number of pyridine rings is 1. The van der Waals surface area contributed by atoms with E-state index in [0.717, 1.165) is 7.11 Å². The van der Waals surface area contributed by atoms with E-state index >= 15 is 0 Å². The van der Waals surface area contributed by atoms with Crippen LogP contribution in [0.4, 0.5) is 13.2 Å². The molecule has 0 radical (unpaired) electrons. The summed E-state index contributed by atoms with van der Waals surface area (Å²) in [5.41, 5.74) is -1.51. The Morgan fingerprint density at radius 2 is 2.04 bits per heavy atom. The number of aliphatic hydroxyl groups is 1. The number of nitrogens with zero attached hydrogens (tertiary/aromatic N) is 3. The quantitative estimate of drug-likeness (QED) is 0.640. The van der Waals surface area contributed by atoms with E-state index in [1.54, 1.807) is 0 Å². The van der Waals surface area contributed by atoms with E-state index in [1.165, 1.54) is 29.1 Å². The van der Waals surface area contributed by atoms with Crippen molar-refractivity contribution in [1.82, 2.24) is 14.8 Å². The summed E-state index contributed by atoms with van der Waals surface area (Å²) in [6, 6.07) is 4.43. The standard InChI is InChI=1S/C14H11ClF3N3O2.CH4O/c15-12-9(7-22)1-2-10(19-12)21-6-3-11(20-21)23-8-13(4-5-13)14(16,17)18;1-2/h1-3,6-7H,4-5,8H2;2H,1H3. The van der Waals surface area contributed by atoms with Crippen LogP contribution in [0.2, 0.25) is 5.15 Å². The summed E-state index contributed by atoms with van der Waals surface area (Å²) in [6.07, 6.45) is -2.07. The first-order valence-corrected chi connectivity index (χ1v) is 7.54. The zero-order valence-electron chi connectivity index (χ0n) is 13.1. The van der Waals surface area contributed by atoms with Gasteiger partial charge in [0.15, 0.2) is 12.1 Å². The van der Waals surface area contributed by atoms with Crippen LogP contribution >= 0.6 is 11.6 Å². The minimum absolute atomic E-state index is 0.0180. The molecule has 0 bridgehead atoms. The van der Waals surface area contributed by atoms with E-state index in [4.69, 9.17) is 21.4 Å². The molecule has 2 heterocycles. The molecule has 3 rings (SSSR count). The van der Waals surface area contributed by atoms with Crippen molar-refractivity contribution in [3.05, 3.63) is 35.1 Å². The van der Waals surface area contributed by atoms with Gasteiger partial charge in [0, 0.05) is 19.4 Å². The third-order valence-electron chi connectivity index (χ3n) is 3.74. The fraction of sp³-hybridized carbons (Fsp3) is 0.400. The van der Waals surface area contributed by atoms with Crippen LogP contribution in [0.3, 0.4) is 0 Å². The molecule has 0 saturated heterocycles. The number of carbonyl (C=O) groups excluding carboxylic acids is 1. The Morgan fingerprint density at radius 3 is 2.56 bits per heavy atom. The van der Waals surface area contributed by atoms with Crippen LogP contribution in [0.15, 0.2) is 24.4 Å². The lowest BCUT2D eigenvalue weighted by Gasteiger charge is -2.18. The number of aromatic nitrogens is 3. The molecule has 1 N–H and O–H groups in total. The average Bonchev–Trinajstić information content (AvgIpc) is 3.26. The Kier molecular flexibility index (Phi) is 5.69. The minimum atomic E-state index is -4.27. The number of halogens is 4. The first kappa shape index (κ1) is 19.2. The van der Waals surface area contributed by atoms with E-state index in [2.05, 4.69) is 10.1 Å². The smallest absolute Gasteiger partial charge is 0.397 e. The maximum atomic E-state index is 12.8. The third kappa shape index (κ3) is 4.10. The topological polar surface area (TPSA) is 77.2 Å². The zero-order chi connectivity index (χ0) is 18.7. The van der Waals surface area contributed by atoms with Crippen molar-refractivity contribution in [1.29, 1.82) is 0 Å². The largest absolute Gasteiger partial charge is 0.476 e. The van der Waals surface area contributed by atoms with Gasteiger partial charge < -0.3 is 9.84 Å². The molecule has 0 aromatic carbocycles. The van der Waals surface area contributed by atoms with Gasteiger partial charge in [-0.1, -0.05) is 11.6 Å². The van der Waals surface area contributed by atoms with Crippen molar-refractivity contribution in [3.63, 3.8) is 0 Å². The Labute approximate surface area is 146 Å². The van der Waals surface area contributed by atoms with Crippen LogP contribution in [-0.2, 0) is 0 Å². The lowest BCUT2D eigenvalue weighted by Crippen LogP contribution is -2.30. The molecule has 6 nitrogen and oxygen atoms in total. The van der Waals surface area contributed by atoms with Crippen LogP contribution in [-0.4, -0.2) is 46.1 Å². The second-order valence-electron chi connectivity index (χ2n) is 5.33. The van der Waals surface area contributed by atoms with Gasteiger partial charge in [0.05, 0.1) is 5.56 Å². The number of aldehydes is 1. The molecule has 1 saturated carbocycles. The van der Waals surface area contributed by atoms with Gasteiger partial charge in [0.1, 0.15) is 17.2 Å². The highest BCUT2D eigenvalue weighted by Crippen LogP contribution is 2.57. The molecule has 0 atom stereocenters. The lowest BCUT2D eigenvalue weighted by atomic mass is 10.1. The molecule has 2 aromatic rings. The van der Waals surface area contributed by atoms with Crippen LogP contribution in [0.1, 0.15) is 23.2 Å². The molecule has 1 aliphatic rings. The van der Waals surface area contributed by atoms with Gasteiger partial charge in [-0.2, -0.15) is 13.2 Å². The Bertz CT molecular complexity index is 745. The molecule has 0 aliphatic heterocycles. The average molecular weight is 378 g/mol. The van der Waals surface area contributed by atoms with Gasteiger partial charge in [0.25, 0.3) is 0 Å². The lowest BCUT2D eigenvalue weighted by molar-refractivity contribution is -0.194. The van der Waals surface area contributed by atoms with E-state index in [9.17, 15) is 18.0 Å². The summed E-state index contributed by atoms with van der Waals surface area (Å²) in [4.78, 5) is 14.7. The van der Waals surface area contributed by atoms with Gasteiger partial charge in [-0.05, 0) is 25.0 Å². The summed E-state index contributed by atoms with van der Waals surface area (Å²) in [5, 5.41) is 11.0. The van der Waals surface area contributed by atoms with Crippen LogP contribution in [0.25, 0.3) is 5.82 Å². The van der Waals surface area contributed by atoms with Crippen molar-refractivity contribution < 1.29 is 27.8 Å². The number of hydrogen-bond acceptors (Lipinski definition) is 5. The first-order chi connectivity index (χ1) is 11.8. The molecule has 136 valence electrons. The highest BCUT2D eigenvalue weighted by atomic mass is 35.5. The summed E-state index contributed by atoms with van der Waals surface area (Å²) >= 11 is 5.83. The summed E-state index contributed by atoms with van der Waals surface area (Å²) in [5.74, 6) is 0.394. The number of ether oxygens (including phenoxy) is 1. The van der Waals surface area contributed by atoms with Crippen molar-refractivity contribution in [3.8, 4) is 11.7 Å². The number of rotatable bonds is 5. The molecule has 2 aromatic heterocycles. The Hall–Kier alpha value is -2.13. The van der Waals surface area contributed by atoms with Gasteiger partial charge in [-0.15, -0.1) is 5.10 Å². The normalized spacial score (nSPS) is 15.1. The molecule has 1 fully saturated rings. The van der Waals surface area contributed by atoms with Crippen molar-refractivity contribution in [2.45, 2.75) is 19.0 Å². The van der Waals surface area contributed by atoms with Gasteiger partial charge in [-0.25, -0.2) is 9.67 Å². The maximum Gasteiger partial charge on any atom is 0.397 e. The summed E-state index contributed by atoms with van der Waals surface area (Å²) < 4.78 is 45.0. The molecular formula is C15H15ClF3N3O3.